The lowest BCUT2D eigenvalue weighted by Crippen LogP contribution is -2.49. The predicted octanol–water partition coefficient (Wildman–Crippen LogP) is 4.53. The van der Waals surface area contributed by atoms with Crippen molar-refractivity contribution in [1.29, 1.82) is 0 Å². The first-order chi connectivity index (χ1) is 13.7. The molecule has 1 aromatic carbocycles. The number of hydrogen-bond acceptors (Lipinski definition) is 3. The molecule has 1 fully saturated rings. The largest absolute Gasteiger partial charge is 0.335 e. The number of likely N-dealkylation sites (tertiary alicyclic amines) is 1. The summed E-state index contributed by atoms with van der Waals surface area (Å²) in [5, 5.41) is 5.08. The van der Waals surface area contributed by atoms with E-state index in [1.807, 2.05) is 30.3 Å². The van der Waals surface area contributed by atoms with Crippen LogP contribution >= 0.6 is 11.3 Å². The molecule has 4 rings (SSSR count). The molecule has 2 aliphatic heterocycles. The zero-order chi connectivity index (χ0) is 19.5. The SMILES string of the molecule is CCC1c2ccsc2CCN1C(=O)C1CCCN(C(=O)Nc2ccccc2)C1. The Balaban J connectivity index is 1.43. The van der Waals surface area contributed by atoms with E-state index in [4.69, 9.17) is 0 Å². The standard InChI is InChI=1S/C22H27N3O2S/c1-2-19-18-11-14-28-20(18)10-13-25(19)21(26)16-7-6-12-24(15-16)22(27)23-17-8-4-3-5-9-17/h3-5,8-9,11,14,16,19H,2,6-7,10,12-13,15H2,1H3,(H,23,27). The van der Waals surface area contributed by atoms with Gasteiger partial charge in [-0.3, -0.25) is 4.79 Å². The molecule has 0 bridgehead atoms. The fraction of sp³-hybridized carbons (Fsp3) is 0.455. The summed E-state index contributed by atoms with van der Waals surface area (Å²) in [6.07, 6.45) is 3.60. The lowest BCUT2D eigenvalue weighted by atomic mass is 9.92. The van der Waals surface area contributed by atoms with Gasteiger partial charge < -0.3 is 15.1 Å². The molecule has 3 amide bonds. The van der Waals surface area contributed by atoms with Gasteiger partial charge in [-0.1, -0.05) is 25.1 Å². The quantitative estimate of drug-likeness (QED) is 0.827. The second-order valence-corrected chi connectivity index (χ2v) is 8.59. The van der Waals surface area contributed by atoms with Gasteiger partial charge in [0.2, 0.25) is 5.91 Å². The molecule has 0 radical (unpaired) electrons. The number of rotatable bonds is 3. The number of urea groups is 1. The molecule has 1 N–H and O–H groups in total. The van der Waals surface area contributed by atoms with Gasteiger partial charge in [-0.05, 0) is 54.8 Å². The Labute approximate surface area is 170 Å². The van der Waals surface area contributed by atoms with E-state index < -0.39 is 0 Å². The number of thiophene rings is 1. The van der Waals surface area contributed by atoms with Crippen LogP contribution in [0.25, 0.3) is 0 Å². The molecule has 1 saturated heterocycles. The molecule has 2 aromatic rings. The van der Waals surface area contributed by atoms with Gasteiger partial charge in [-0.25, -0.2) is 4.79 Å². The van der Waals surface area contributed by atoms with Crippen LogP contribution in [0.5, 0.6) is 0 Å². The van der Waals surface area contributed by atoms with E-state index in [0.717, 1.165) is 37.9 Å². The topological polar surface area (TPSA) is 52.7 Å². The normalized spacial score (nSPS) is 21.9. The van der Waals surface area contributed by atoms with Gasteiger partial charge in [0.25, 0.3) is 0 Å². The molecule has 1 aromatic heterocycles. The van der Waals surface area contributed by atoms with Gasteiger partial charge in [0.1, 0.15) is 0 Å². The zero-order valence-corrected chi connectivity index (χ0v) is 17.1. The molecule has 0 spiro atoms. The van der Waals surface area contributed by atoms with Crippen LogP contribution in [0, 0.1) is 5.92 Å². The summed E-state index contributed by atoms with van der Waals surface area (Å²) in [5.41, 5.74) is 2.11. The summed E-state index contributed by atoms with van der Waals surface area (Å²) in [6.45, 7) is 4.14. The van der Waals surface area contributed by atoms with Gasteiger partial charge in [0.05, 0.1) is 12.0 Å². The third kappa shape index (κ3) is 3.78. The van der Waals surface area contributed by atoms with E-state index in [1.54, 1.807) is 16.2 Å². The van der Waals surface area contributed by atoms with Gasteiger partial charge in [0, 0.05) is 30.2 Å². The highest BCUT2D eigenvalue weighted by Gasteiger charge is 2.36. The van der Waals surface area contributed by atoms with Crippen molar-refractivity contribution < 1.29 is 9.59 Å². The number of hydrogen-bond donors (Lipinski definition) is 1. The first-order valence-corrected chi connectivity index (χ1v) is 11.0. The van der Waals surface area contributed by atoms with E-state index in [0.29, 0.717) is 13.1 Å². The Kier molecular flexibility index (Phi) is 5.67. The second-order valence-electron chi connectivity index (χ2n) is 7.59. The highest BCUT2D eigenvalue weighted by Crippen LogP contribution is 2.36. The van der Waals surface area contributed by atoms with Crippen LogP contribution in [0.2, 0.25) is 0 Å². The maximum absolute atomic E-state index is 13.4. The van der Waals surface area contributed by atoms with Crippen molar-refractivity contribution in [3.8, 4) is 0 Å². The number of nitrogens with one attached hydrogen (secondary N) is 1. The highest BCUT2D eigenvalue weighted by atomic mass is 32.1. The van der Waals surface area contributed by atoms with E-state index in [2.05, 4.69) is 28.6 Å². The third-order valence-corrected chi connectivity index (χ3v) is 6.84. The van der Waals surface area contributed by atoms with Crippen LogP contribution in [0.3, 0.4) is 0 Å². The minimum Gasteiger partial charge on any atom is -0.335 e. The van der Waals surface area contributed by atoms with Gasteiger partial charge in [0.15, 0.2) is 0 Å². The number of fused-ring (bicyclic) bond motifs is 1. The molecule has 0 aliphatic carbocycles. The smallest absolute Gasteiger partial charge is 0.321 e. The molecule has 2 atom stereocenters. The fourth-order valence-electron chi connectivity index (χ4n) is 4.42. The minimum absolute atomic E-state index is 0.107. The average molecular weight is 398 g/mol. The van der Waals surface area contributed by atoms with Gasteiger partial charge in [-0.2, -0.15) is 0 Å². The van der Waals surface area contributed by atoms with E-state index >= 15 is 0 Å². The van der Waals surface area contributed by atoms with Crippen molar-refractivity contribution in [3.05, 3.63) is 52.2 Å². The molecule has 6 heteroatoms. The van der Waals surface area contributed by atoms with Crippen LogP contribution in [0.1, 0.15) is 42.7 Å². The van der Waals surface area contributed by atoms with Crippen molar-refractivity contribution in [1.82, 2.24) is 9.80 Å². The third-order valence-electron chi connectivity index (χ3n) is 5.85. The van der Waals surface area contributed by atoms with Gasteiger partial charge in [-0.15, -0.1) is 11.3 Å². The van der Waals surface area contributed by atoms with Crippen molar-refractivity contribution >= 4 is 29.0 Å². The molecule has 3 heterocycles. The first kappa shape index (κ1) is 19.0. The fourth-order valence-corrected chi connectivity index (χ4v) is 5.35. The Bertz CT molecular complexity index is 835. The number of para-hydroxylation sites is 1. The van der Waals surface area contributed by atoms with Crippen LogP contribution in [-0.2, 0) is 11.2 Å². The average Bonchev–Trinajstić information content (AvgIpc) is 3.22. The molecule has 5 nitrogen and oxygen atoms in total. The summed E-state index contributed by atoms with van der Waals surface area (Å²) in [7, 11) is 0. The van der Waals surface area contributed by atoms with Crippen molar-refractivity contribution in [2.45, 2.75) is 38.6 Å². The van der Waals surface area contributed by atoms with Crippen molar-refractivity contribution in [2.75, 3.05) is 25.0 Å². The van der Waals surface area contributed by atoms with Crippen LogP contribution in [0.4, 0.5) is 10.5 Å². The Morgan fingerprint density at radius 3 is 2.79 bits per heavy atom. The lowest BCUT2D eigenvalue weighted by molar-refractivity contribution is -0.140. The summed E-state index contributed by atoms with van der Waals surface area (Å²) in [5.74, 6) is 0.102. The van der Waals surface area contributed by atoms with Crippen molar-refractivity contribution in [2.24, 2.45) is 5.92 Å². The van der Waals surface area contributed by atoms with Crippen LogP contribution < -0.4 is 5.32 Å². The van der Waals surface area contributed by atoms with E-state index in [9.17, 15) is 9.59 Å². The van der Waals surface area contributed by atoms with E-state index in [1.165, 1.54) is 10.4 Å². The summed E-state index contributed by atoms with van der Waals surface area (Å²) in [4.78, 5) is 31.3. The van der Waals surface area contributed by atoms with Crippen molar-refractivity contribution in [3.63, 3.8) is 0 Å². The Morgan fingerprint density at radius 2 is 2.00 bits per heavy atom. The predicted molar refractivity (Wildman–Crippen MR) is 113 cm³/mol. The lowest BCUT2D eigenvalue weighted by Gasteiger charge is -2.40. The van der Waals surface area contributed by atoms with Gasteiger partial charge >= 0.3 is 6.03 Å². The molecule has 0 saturated carbocycles. The Hall–Kier alpha value is -2.34. The number of amides is 3. The second kappa shape index (κ2) is 8.35. The Morgan fingerprint density at radius 1 is 1.18 bits per heavy atom. The number of piperidine rings is 1. The zero-order valence-electron chi connectivity index (χ0n) is 16.3. The maximum Gasteiger partial charge on any atom is 0.321 e. The molecule has 148 valence electrons. The van der Waals surface area contributed by atoms with Crippen LogP contribution in [0.15, 0.2) is 41.8 Å². The van der Waals surface area contributed by atoms with E-state index in [-0.39, 0.29) is 23.9 Å². The number of nitrogens with zero attached hydrogens (tertiary/aromatic N) is 2. The number of benzene rings is 1. The number of carbonyl (C=O) groups excluding carboxylic acids is 2. The molecule has 2 unspecified atom stereocenters. The number of carbonyl (C=O) groups is 2. The van der Waals surface area contributed by atoms with Crippen LogP contribution in [-0.4, -0.2) is 41.4 Å². The summed E-state index contributed by atoms with van der Waals surface area (Å²) in [6, 6.07) is 11.7. The highest BCUT2D eigenvalue weighted by molar-refractivity contribution is 7.10. The molecule has 2 aliphatic rings. The minimum atomic E-state index is -0.116. The summed E-state index contributed by atoms with van der Waals surface area (Å²) < 4.78 is 0. The molecular formula is C22H27N3O2S. The summed E-state index contributed by atoms with van der Waals surface area (Å²) >= 11 is 1.80. The molecule has 28 heavy (non-hydrogen) atoms. The number of anilines is 1. The maximum atomic E-state index is 13.4. The first-order valence-electron chi connectivity index (χ1n) is 10.1. The molecular weight excluding hydrogens is 370 g/mol. The monoisotopic (exact) mass is 397 g/mol.